The lowest BCUT2D eigenvalue weighted by Gasteiger charge is -2.35. The molecular weight excluding hydrogens is 280 g/mol. The third kappa shape index (κ3) is 2.63. The standard InChI is InChI=1S/C16H20N4S/c1-2-4-15-14(3-1)13(11-18-15)12-19-6-8-20(9-7-19)16-17-5-10-21-16/h1-5,10,13,18H,6-9,11-12H2. The highest BCUT2D eigenvalue weighted by atomic mass is 32.1. The van der Waals surface area contributed by atoms with Crippen LogP contribution in [-0.4, -0.2) is 49.2 Å². The Hall–Kier alpha value is -1.59. The van der Waals surface area contributed by atoms with Crippen LogP contribution in [0.5, 0.6) is 0 Å². The van der Waals surface area contributed by atoms with Crippen molar-refractivity contribution in [1.29, 1.82) is 0 Å². The molecule has 0 saturated carbocycles. The number of benzene rings is 1. The lowest BCUT2D eigenvalue weighted by atomic mass is 10.0. The van der Waals surface area contributed by atoms with Crippen LogP contribution in [0, 0.1) is 0 Å². The van der Waals surface area contributed by atoms with Crippen molar-refractivity contribution in [3.63, 3.8) is 0 Å². The Kier molecular flexibility index (Phi) is 3.53. The summed E-state index contributed by atoms with van der Waals surface area (Å²) >= 11 is 1.74. The number of hydrogen-bond donors (Lipinski definition) is 1. The zero-order valence-corrected chi connectivity index (χ0v) is 12.9. The van der Waals surface area contributed by atoms with Crippen molar-refractivity contribution in [2.75, 3.05) is 49.5 Å². The van der Waals surface area contributed by atoms with E-state index in [1.54, 1.807) is 11.3 Å². The van der Waals surface area contributed by atoms with Crippen LogP contribution in [0.1, 0.15) is 11.5 Å². The molecule has 2 aromatic rings. The molecule has 1 fully saturated rings. The minimum absolute atomic E-state index is 0.632. The number of nitrogens with one attached hydrogen (secondary N) is 1. The van der Waals surface area contributed by atoms with E-state index < -0.39 is 0 Å². The Morgan fingerprint density at radius 3 is 2.86 bits per heavy atom. The molecule has 0 spiro atoms. The predicted molar refractivity (Wildman–Crippen MR) is 88.4 cm³/mol. The average Bonchev–Trinajstić information content (AvgIpc) is 3.19. The highest BCUT2D eigenvalue weighted by Crippen LogP contribution is 2.31. The van der Waals surface area contributed by atoms with Crippen LogP contribution in [0.15, 0.2) is 35.8 Å². The predicted octanol–water partition coefficient (Wildman–Crippen LogP) is 2.47. The number of aromatic nitrogens is 1. The first-order valence-corrected chi connectivity index (χ1v) is 8.48. The van der Waals surface area contributed by atoms with Gasteiger partial charge >= 0.3 is 0 Å². The van der Waals surface area contributed by atoms with E-state index >= 15 is 0 Å². The number of piperazine rings is 1. The molecule has 5 heteroatoms. The molecule has 0 radical (unpaired) electrons. The molecule has 1 N–H and O–H groups in total. The first-order valence-electron chi connectivity index (χ1n) is 7.60. The second-order valence-corrected chi connectivity index (χ2v) is 6.64. The topological polar surface area (TPSA) is 31.4 Å². The van der Waals surface area contributed by atoms with Crippen molar-refractivity contribution in [3.8, 4) is 0 Å². The fourth-order valence-electron chi connectivity index (χ4n) is 3.33. The van der Waals surface area contributed by atoms with E-state index in [1.807, 2.05) is 6.20 Å². The Morgan fingerprint density at radius 1 is 1.19 bits per heavy atom. The number of para-hydroxylation sites is 1. The summed E-state index contributed by atoms with van der Waals surface area (Å²) in [4.78, 5) is 9.41. The van der Waals surface area contributed by atoms with Gasteiger partial charge in [-0.15, -0.1) is 11.3 Å². The maximum absolute atomic E-state index is 4.41. The maximum Gasteiger partial charge on any atom is 0.185 e. The van der Waals surface area contributed by atoms with Gasteiger partial charge in [-0.05, 0) is 11.6 Å². The number of thiazole rings is 1. The second kappa shape index (κ2) is 5.66. The summed E-state index contributed by atoms with van der Waals surface area (Å²) in [6, 6.07) is 8.72. The minimum Gasteiger partial charge on any atom is -0.384 e. The average molecular weight is 300 g/mol. The number of rotatable bonds is 3. The summed E-state index contributed by atoms with van der Waals surface area (Å²) in [5.74, 6) is 0.632. The van der Waals surface area contributed by atoms with Crippen molar-refractivity contribution in [2.45, 2.75) is 5.92 Å². The van der Waals surface area contributed by atoms with Crippen LogP contribution in [0.2, 0.25) is 0 Å². The zero-order chi connectivity index (χ0) is 14.1. The summed E-state index contributed by atoms with van der Waals surface area (Å²) in [5.41, 5.74) is 2.81. The van der Waals surface area contributed by atoms with Crippen molar-refractivity contribution >= 4 is 22.2 Å². The molecule has 1 unspecified atom stereocenters. The molecule has 4 nitrogen and oxygen atoms in total. The number of nitrogens with zero attached hydrogens (tertiary/aromatic N) is 3. The Balaban J connectivity index is 1.36. The number of anilines is 2. The van der Waals surface area contributed by atoms with Crippen molar-refractivity contribution in [1.82, 2.24) is 9.88 Å². The molecular formula is C16H20N4S. The van der Waals surface area contributed by atoms with Crippen molar-refractivity contribution in [2.24, 2.45) is 0 Å². The highest BCUT2D eigenvalue weighted by molar-refractivity contribution is 7.13. The SMILES string of the molecule is c1ccc2c(c1)NCC2CN1CCN(c2nccs2)CC1. The molecule has 2 aliphatic rings. The molecule has 0 bridgehead atoms. The van der Waals surface area contributed by atoms with Gasteiger partial charge in [0.15, 0.2) is 5.13 Å². The van der Waals surface area contributed by atoms with Crippen molar-refractivity contribution in [3.05, 3.63) is 41.4 Å². The molecule has 1 aromatic carbocycles. The van der Waals surface area contributed by atoms with Gasteiger partial charge in [-0.3, -0.25) is 4.90 Å². The third-order valence-electron chi connectivity index (χ3n) is 4.48. The van der Waals surface area contributed by atoms with E-state index in [4.69, 9.17) is 0 Å². The molecule has 0 amide bonds. The molecule has 2 aliphatic heterocycles. The van der Waals surface area contributed by atoms with Gasteiger partial charge in [-0.2, -0.15) is 0 Å². The van der Waals surface area contributed by atoms with Crippen LogP contribution in [-0.2, 0) is 0 Å². The van der Waals surface area contributed by atoms with E-state index in [0.29, 0.717) is 5.92 Å². The molecule has 3 heterocycles. The normalized spacial score (nSPS) is 22.1. The lowest BCUT2D eigenvalue weighted by Crippen LogP contribution is -2.47. The van der Waals surface area contributed by atoms with E-state index in [2.05, 4.69) is 49.7 Å². The first-order chi connectivity index (χ1) is 10.4. The Morgan fingerprint density at radius 2 is 2.05 bits per heavy atom. The summed E-state index contributed by atoms with van der Waals surface area (Å²) < 4.78 is 0. The largest absolute Gasteiger partial charge is 0.384 e. The monoisotopic (exact) mass is 300 g/mol. The Bertz CT molecular complexity index is 590. The van der Waals surface area contributed by atoms with Gasteiger partial charge in [-0.25, -0.2) is 4.98 Å². The molecule has 1 aromatic heterocycles. The van der Waals surface area contributed by atoms with E-state index in [1.165, 1.54) is 16.4 Å². The molecule has 0 aliphatic carbocycles. The van der Waals surface area contributed by atoms with Gasteiger partial charge < -0.3 is 10.2 Å². The van der Waals surface area contributed by atoms with Gasteiger partial charge in [0.05, 0.1) is 0 Å². The zero-order valence-electron chi connectivity index (χ0n) is 12.0. The highest BCUT2D eigenvalue weighted by Gasteiger charge is 2.26. The summed E-state index contributed by atoms with van der Waals surface area (Å²) in [7, 11) is 0. The van der Waals surface area contributed by atoms with Crippen LogP contribution < -0.4 is 10.2 Å². The van der Waals surface area contributed by atoms with Gasteiger partial charge in [-0.1, -0.05) is 18.2 Å². The van der Waals surface area contributed by atoms with E-state index in [9.17, 15) is 0 Å². The Labute approximate surface area is 129 Å². The lowest BCUT2D eigenvalue weighted by molar-refractivity contribution is 0.246. The summed E-state index contributed by atoms with van der Waals surface area (Å²) in [6.45, 7) is 6.70. The molecule has 1 atom stereocenters. The van der Waals surface area contributed by atoms with Crippen LogP contribution in [0.3, 0.4) is 0 Å². The summed E-state index contributed by atoms with van der Waals surface area (Å²) in [6.07, 6.45) is 1.90. The van der Waals surface area contributed by atoms with Crippen molar-refractivity contribution < 1.29 is 0 Å². The van der Waals surface area contributed by atoms with Gasteiger partial charge in [0.2, 0.25) is 0 Å². The molecule has 4 rings (SSSR count). The number of hydrogen-bond acceptors (Lipinski definition) is 5. The number of fused-ring (bicyclic) bond motifs is 1. The molecule has 1 saturated heterocycles. The fraction of sp³-hybridized carbons (Fsp3) is 0.438. The second-order valence-electron chi connectivity index (χ2n) is 5.77. The van der Waals surface area contributed by atoms with Gasteiger partial charge in [0, 0.05) is 62.5 Å². The van der Waals surface area contributed by atoms with Crippen LogP contribution in [0.25, 0.3) is 0 Å². The quantitative estimate of drug-likeness (QED) is 0.943. The molecule has 21 heavy (non-hydrogen) atoms. The smallest absolute Gasteiger partial charge is 0.185 e. The first kappa shape index (κ1) is 13.1. The van der Waals surface area contributed by atoms with Gasteiger partial charge in [0.25, 0.3) is 0 Å². The molecule has 110 valence electrons. The van der Waals surface area contributed by atoms with Crippen LogP contribution in [0.4, 0.5) is 10.8 Å². The van der Waals surface area contributed by atoms with E-state index in [0.717, 1.165) is 39.3 Å². The maximum atomic E-state index is 4.41. The summed E-state index contributed by atoms with van der Waals surface area (Å²) in [5, 5.41) is 6.75. The third-order valence-corrected chi connectivity index (χ3v) is 5.31. The van der Waals surface area contributed by atoms with Gasteiger partial charge in [0.1, 0.15) is 0 Å². The van der Waals surface area contributed by atoms with E-state index in [-0.39, 0.29) is 0 Å². The minimum atomic E-state index is 0.632. The van der Waals surface area contributed by atoms with Crippen LogP contribution >= 0.6 is 11.3 Å². The fourth-order valence-corrected chi connectivity index (χ4v) is 4.02.